The Bertz CT molecular complexity index is 854. The van der Waals surface area contributed by atoms with Crippen molar-refractivity contribution in [2.75, 3.05) is 0 Å². The third-order valence-electron chi connectivity index (χ3n) is 3.42. The molecule has 0 spiro atoms. The third-order valence-corrected chi connectivity index (χ3v) is 4.51. The van der Waals surface area contributed by atoms with Crippen LogP contribution < -0.4 is 4.80 Å². The molecule has 5 heteroatoms. The summed E-state index contributed by atoms with van der Waals surface area (Å²) < 4.78 is 8.16. The Morgan fingerprint density at radius 3 is 2.80 bits per heavy atom. The van der Waals surface area contributed by atoms with Gasteiger partial charge in [0.2, 0.25) is 0 Å². The average Bonchev–Trinajstić information content (AvgIpc) is 3.04. The largest absolute Gasteiger partial charge is 0.459 e. The van der Waals surface area contributed by atoms with E-state index < -0.39 is 0 Å². The lowest BCUT2D eigenvalue weighted by Crippen LogP contribution is -2.13. The molecule has 1 aromatic carbocycles. The van der Waals surface area contributed by atoms with Crippen LogP contribution in [0.3, 0.4) is 0 Å². The number of furan rings is 1. The number of rotatable bonds is 1. The van der Waals surface area contributed by atoms with Gasteiger partial charge in [-0.05, 0) is 43.2 Å². The molecule has 0 fully saturated rings. The van der Waals surface area contributed by atoms with Crippen molar-refractivity contribution in [1.29, 1.82) is 0 Å². The lowest BCUT2D eigenvalue weighted by Gasteiger charge is -2.03. The van der Waals surface area contributed by atoms with Crippen molar-refractivity contribution in [3.05, 3.63) is 52.2 Å². The SMILES string of the molecule is Cc1ccc2sc(=NC(=O)c3ccco3)n(C)c2c1C. The van der Waals surface area contributed by atoms with Crippen LogP contribution in [0.4, 0.5) is 0 Å². The summed E-state index contributed by atoms with van der Waals surface area (Å²) >= 11 is 1.51. The first-order chi connectivity index (χ1) is 9.58. The molecule has 0 aliphatic heterocycles. The number of amides is 1. The van der Waals surface area contributed by atoms with Crippen molar-refractivity contribution in [1.82, 2.24) is 4.57 Å². The average molecular weight is 286 g/mol. The highest BCUT2D eigenvalue weighted by atomic mass is 32.1. The number of hydrogen-bond donors (Lipinski definition) is 0. The summed E-state index contributed by atoms with van der Waals surface area (Å²) in [7, 11) is 1.93. The van der Waals surface area contributed by atoms with Crippen molar-refractivity contribution in [2.24, 2.45) is 12.0 Å². The first-order valence-electron chi connectivity index (χ1n) is 6.26. The number of thiazole rings is 1. The van der Waals surface area contributed by atoms with Gasteiger partial charge in [0.1, 0.15) is 0 Å². The van der Waals surface area contributed by atoms with E-state index in [0.29, 0.717) is 4.80 Å². The molecular formula is C15H14N2O2S. The molecular weight excluding hydrogens is 272 g/mol. The van der Waals surface area contributed by atoms with E-state index in [9.17, 15) is 4.79 Å². The van der Waals surface area contributed by atoms with Gasteiger partial charge in [-0.25, -0.2) is 0 Å². The minimum Gasteiger partial charge on any atom is -0.459 e. The maximum Gasteiger partial charge on any atom is 0.315 e. The van der Waals surface area contributed by atoms with Crippen LogP contribution in [-0.2, 0) is 7.05 Å². The molecule has 0 bridgehead atoms. The second-order valence-corrected chi connectivity index (χ2v) is 5.70. The van der Waals surface area contributed by atoms with Gasteiger partial charge in [-0.3, -0.25) is 4.79 Å². The first kappa shape index (κ1) is 12.9. The molecule has 3 aromatic rings. The van der Waals surface area contributed by atoms with E-state index in [4.69, 9.17) is 4.42 Å². The van der Waals surface area contributed by atoms with E-state index in [0.717, 1.165) is 10.2 Å². The molecule has 1 amide bonds. The molecule has 0 aliphatic rings. The third kappa shape index (κ3) is 2.00. The minimum absolute atomic E-state index is 0.260. The van der Waals surface area contributed by atoms with Gasteiger partial charge < -0.3 is 8.98 Å². The van der Waals surface area contributed by atoms with Crippen molar-refractivity contribution in [3.63, 3.8) is 0 Å². The van der Waals surface area contributed by atoms with Crippen LogP contribution in [0.15, 0.2) is 39.9 Å². The lowest BCUT2D eigenvalue weighted by atomic mass is 10.1. The second kappa shape index (κ2) is 4.76. The van der Waals surface area contributed by atoms with Gasteiger partial charge in [0.05, 0.1) is 16.5 Å². The van der Waals surface area contributed by atoms with E-state index in [1.54, 1.807) is 12.1 Å². The van der Waals surface area contributed by atoms with Crippen LogP contribution in [0.1, 0.15) is 21.7 Å². The molecule has 0 saturated carbocycles. The van der Waals surface area contributed by atoms with E-state index in [1.807, 2.05) is 11.6 Å². The zero-order valence-corrected chi connectivity index (χ0v) is 12.3. The van der Waals surface area contributed by atoms with Crippen molar-refractivity contribution in [3.8, 4) is 0 Å². The van der Waals surface area contributed by atoms with Crippen LogP contribution >= 0.6 is 11.3 Å². The molecule has 0 saturated heterocycles. The molecule has 3 rings (SSSR count). The summed E-state index contributed by atoms with van der Waals surface area (Å²) in [6.45, 7) is 4.17. The topological polar surface area (TPSA) is 47.5 Å². The van der Waals surface area contributed by atoms with Crippen LogP contribution in [0.5, 0.6) is 0 Å². The second-order valence-electron chi connectivity index (χ2n) is 4.69. The molecule has 2 aromatic heterocycles. The van der Waals surface area contributed by atoms with Crippen molar-refractivity contribution >= 4 is 27.5 Å². The number of aryl methyl sites for hydroxylation is 3. The highest BCUT2D eigenvalue weighted by Crippen LogP contribution is 2.23. The normalized spacial score (nSPS) is 12.2. The predicted octanol–water partition coefficient (Wildman–Crippen LogP) is 3.19. The Morgan fingerprint density at radius 2 is 2.10 bits per heavy atom. The number of fused-ring (bicyclic) bond motifs is 1. The molecule has 0 radical (unpaired) electrons. The Hall–Kier alpha value is -2.14. The number of hydrogen-bond acceptors (Lipinski definition) is 3. The van der Waals surface area contributed by atoms with Gasteiger partial charge in [-0.15, -0.1) is 0 Å². The Balaban J connectivity index is 2.21. The molecule has 2 heterocycles. The summed E-state index contributed by atoms with van der Waals surface area (Å²) in [5.41, 5.74) is 3.57. The molecule has 4 nitrogen and oxygen atoms in total. The number of aromatic nitrogens is 1. The van der Waals surface area contributed by atoms with Gasteiger partial charge in [0.15, 0.2) is 10.6 Å². The number of carbonyl (C=O) groups is 1. The lowest BCUT2D eigenvalue weighted by molar-refractivity contribution is 0.0971. The molecule has 20 heavy (non-hydrogen) atoms. The fraction of sp³-hybridized carbons (Fsp3) is 0.200. The smallest absolute Gasteiger partial charge is 0.315 e. The quantitative estimate of drug-likeness (QED) is 0.689. The van der Waals surface area contributed by atoms with E-state index in [1.165, 1.54) is 28.7 Å². The zero-order chi connectivity index (χ0) is 14.3. The standard InChI is InChI=1S/C15H14N2O2S/c1-9-6-7-12-13(10(9)2)17(3)15(20-12)16-14(18)11-5-4-8-19-11/h4-8H,1-3H3. The summed E-state index contributed by atoms with van der Waals surface area (Å²) in [5.74, 6) is -0.0955. The Kier molecular flexibility index (Phi) is 3.06. The van der Waals surface area contributed by atoms with Crippen LogP contribution in [0.25, 0.3) is 10.2 Å². The summed E-state index contributed by atoms with van der Waals surface area (Å²) in [6.07, 6.45) is 1.47. The molecule has 102 valence electrons. The number of benzene rings is 1. The van der Waals surface area contributed by atoms with Crippen LogP contribution in [0, 0.1) is 13.8 Å². The number of nitrogens with zero attached hydrogens (tertiary/aromatic N) is 2. The van der Waals surface area contributed by atoms with E-state index in [2.05, 4.69) is 31.0 Å². The maximum atomic E-state index is 12.0. The molecule has 0 aliphatic carbocycles. The maximum absolute atomic E-state index is 12.0. The molecule has 0 unspecified atom stereocenters. The Labute approximate surface area is 120 Å². The highest BCUT2D eigenvalue weighted by Gasteiger charge is 2.11. The minimum atomic E-state index is -0.355. The predicted molar refractivity (Wildman–Crippen MR) is 78.9 cm³/mol. The van der Waals surface area contributed by atoms with Crippen LogP contribution in [0.2, 0.25) is 0 Å². The fourth-order valence-electron chi connectivity index (χ4n) is 2.18. The van der Waals surface area contributed by atoms with Crippen LogP contribution in [-0.4, -0.2) is 10.5 Å². The van der Waals surface area contributed by atoms with Crippen molar-refractivity contribution < 1.29 is 9.21 Å². The van der Waals surface area contributed by atoms with Gasteiger partial charge in [-0.2, -0.15) is 4.99 Å². The van der Waals surface area contributed by atoms with E-state index >= 15 is 0 Å². The summed E-state index contributed by atoms with van der Waals surface area (Å²) in [6, 6.07) is 7.46. The molecule has 0 N–H and O–H groups in total. The van der Waals surface area contributed by atoms with Crippen molar-refractivity contribution in [2.45, 2.75) is 13.8 Å². The summed E-state index contributed by atoms with van der Waals surface area (Å²) in [4.78, 5) is 16.8. The fourth-order valence-corrected chi connectivity index (χ4v) is 3.25. The Morgan fingerprint density at radius 1 is 1.30 bits per heavy atom. The van der Waals surface area contributed by atoms with Gasteiger partial charge >= 0.3 is 5.91 Å². The molecule has 0 atom stereocenters. The van der Waals surface area contributed by atoms with Gasteiger partial charge in [0.25, 0.3) is 0 Å². The number of carbonyl (C=O) groups excluding carboxylic acids is 1. The van der Waals surface area contributed by atoms with Gasteiger partial charge in [-0.1, -0.05) is 17.4 Å². The van der Waals surface area contributed by atoms with E-state index in [-0.39, 0.29) is 11.7 Å². The zero-order valence-electron chi connectivity index (χ0n) is 11.5. The monoisotopic (exact) mass is 286 g/mol. The van der Waals surface area contributed by atoms with Gasteiger partial charge in [0, 0.05) is 7.05 Å². The first-order valence-corrected chi connectivity index (χ1v) is 7.08. The highest BCUT2D eigenvalue weighted by molar-refractivity contribution is 7.16. The summed E-state index contributed by atoms with van der Waals surface area (Å²) in [5, 5.41) is 0.